The highest BCUT2D eigenvalue weighted by atomic mass is 35.5. The summed E-state index contributed by atoms with van der Waals surface area (Å²) < 4.78 is 4.04. The zero-order chi connectivity index (χ0) is 14.3. The van der Waals surface area contributed by atoms with Crippen molar-refractivity contribution >= 4 is 34.1 Å². The number of alkyl halides is 1. The van der Waals surface area contributed by atoms with E-state index in [4.69, 9.17) is 11.6 Å². The largest absolute Gasteiger partial charge is 0.311 e. The van der Waals surface area contributed by atoms with Crippen LogP contribution in [0.3, 0.4) is 0 Å². The Labute approximate surface area is 126 Å². The minimum atomic E-state index is -0.128. The number of hydrogen-bond donors (Lipinski definition) is 0. The molecule has 20 heavy (non-hydrogen) atoms. The van der Waals surface area contributed by atoms with Crippen molar-refractivity contribution in [3.05, 3.63) is 28.1 Å². The maximum atomic E-state index is 6.28. The van der Waals surface area contributed by atoms with Gasteiger partial charge in [-0.25, -0.2) is 9.97 Å². The normalized spacial score (nSPS) is 13.2. The Morgan fingerprint density at radius 3 is 2.90 bits per heavy atom. The Morgan fingerprint density at radius 2 is 2.25 bits per heavy atom. The van der Waals surface area contributed by atoms with Gasteiger partial charge in [0.1, 0.15) is 11.3 Å². The molecule has 0 N–H and O–H groups in total. The molecule has 0 fully saturated rings. The highest BCUT2D eigenvalue weighted by molar-refractivity contribution is 7.07. The first-order valence-corrected chi connectivity index (χ1v) is 7.86. The fourth-order valence-corrected chi connectivity index (χ4v) is 3.22. The van der Waals surface area contributed by atoms with Crippen molar-refractivity contribution in [1.82, 2.24) is 24.3 Å². The molecule has 0 aliphatic heterocycles. The van der Waals surface area contributed by atoms with Crippen LogP contribution in [0.5, 0.6) is 0 Å². The number of halogens is 1. The summed E-state index contributed by atoms with van der Waals surface area (Å²) in [4.78, 5) is 8.99. The van der Waals surface area contributed by atoms with Crippen LogP contribution in [-0.4, -0.2) is 24.3 Å². The molecule has 1 unspecified atom stereocenters. The Bertz CT molecular complexity index is 726. The fraction of sp³-hybridized carbons (Fsp3) is 0.462. The molecule has 3 rings (SSSR count). The van der Waals surface area contributed by atoms with Crippen LogP contribution >= 0.6 is 22.9 Å². The number of imidazole rings is 1. The van der Waals surface area contributed by atoms with E-state index in [1.54, 1.807) is 11.3 Å². The molecule has 3 aromatic rings. The minimum Gasteiger partial charge on any atom is -0.311 e. The van der Waals surface area contributed by atoms with E-state index in [0.29, 0.717) is 0 Å². The fourth-order valence-electron chi connectivity index (χ4n) is 2.46. The molecule has 0 spiro atoms. The van der Waals surface area contributed by atoms with Gasteiger partial charge in [0.15, 0.2) is 5.65 Å². The minimum absolute atomic E-state index is 0.128. The van der Waals surface area contributed by atoms with Crippen LogP contribution in [0.2, 0.25) is 0 Å². The van der Waals surface area contributed by atoms with Crippen LogP contribution in [-0.2, 0) is 20.0 Å². The van der Waals surface area contributed by atoms with Crippen molar-refractivity contribution in [3.63, 3.8) is 0 Å². The van der Waals surface area contributed by atoms with Crippen molar-refractivity contribution in [2.24, 2.45) is 7.05 Å². The average Bonchev–Trinajstić information content (AvgIpc) is 3.07. The number of thiazole rings is 1. The van der Waals surface area contributed by atoms with E-state index in [-0.39, 0.29) is 5.38 Å². The predicted molar refractivity (Wildman–Crippen MR) is 81.3 cm³/mol. The SMILES string of the molecule is Cc1nn(C)c2c1nc(C(C)Cl)n2CCc1cscn1. The van der Waals surface area contributed by atoms with Gasteiger partial charge in [0.05, 0.1) is 22.3 Å². The van der Waals surface area contributed by atoms with Gasteiger partial charge in [0.25, 0.3) is 0 Å². The lowest BCUT2D eigenvalue weighted by atomic mass is 10.3. The molecule has 0 amide bonds. The molecule has 0 bridgehead atoms. The molecule has 7 heteroatoms. The van der Waals surface area contributed by atoms with E-state index < -0.39 is 0 Å². The molecule has 1 atom stereocenters. The lowest BCUT2D eigenvalue weighted by Crippen LogP contribution is -2.10. The molecule has 5 nitrogen and oxygen atoms in total. The monoisotopic (exact) mass is 309 g/mol. The van der Waals surface area contributed by atoms with Crippen molar-refractivity contribution in [2.75, 3.05) is 0 Å². The van der Waals surface area contributed by atoms with Gasteiger partial charge in [-0.2, -0.15) is 5.10 Å². The Hall–Kier alpha value is -1.40. The first kappa shape index (κ1) is 13.6. The van der Waals surface area contributed by atoms with Crippen LogP contribution in [0, 0.1) is 6.92 Å². The van der Waals surface area contributed by atoms with Crippen LogP contribution in [0.4, 0.5) is 0 Å². The number of fused-ring (bicyclic) bond motifs is 1. The third kappa shape index (κ3) is 2.23. The maximum absolute atomic E-state index is 6.28. The molecular weight excluding hydrogens is 294 g/mol. The van der Waals surface area contributed by atoms with E-state index in [1.807, 2.05) is 31.1 Å². The first-order valence-electron chi connectivity index (χ1n) is 6.48. The highest BCUT2D eigenvalue weighted by Gasteiger charge is 2.20. The summed E-state index contributed by atoms with van der Waals surface area (Å²) in [6.45, 7) is 4.74. The van der Waals surface area contributed by atoms with E-state index >= 15 is 0 Å². The summed E-state index contributed by atoms with van der Waals surface area (Å²) in [5.41, 5.74) is 5.86. The first-order chi connectivity index (χ1) is 9.58. The van der Waals surface area contributed by atoms with E-state index in [0.717, 1.165) is 41.3 Å². The third-order valence-corrected chi connectivity index (χ3v) is 4.18. The average molecular weight is 310 g/mol. The van der Waals surface area contributed by atoms with Gasteiger partial charge in [-0.15, -0.1) is 22.9 Å². The molecule has 0 saturated carbocycles. The van der Waals surface area contributed by atoms with Gasteiger partial charge in [0, 0.05) is 25.4 Å². The van der Waals surface area contributed by atoms with Crippen molar-refractivity contribution in [1.29, 1.82) is 0 Å². The standard InChI is InChI=1S/C13H16ClN5S/c1-8(14)12-16-11-9(2)17-18(3)13(11)19(12)5-4-10-6-20-7-15-10/h6-8H,4-5H2,1-3H3. The number of aromatic nitrogens is 5. The summed E-state index contributed by atoms with van der Waals surface area (Å²) in [6.07, 6.45) is 0.871. The number of hydrogen-bond acceptors (Lipinski definition) is 4. The zero-order valence-electron chi connectivity index (χ0n) is 11.7. The summed E-state index contributed by atoms with van der Waals surface area (Å²) in [7, 11) is 1.94. The van der Waals surface area contributed by atoms with Crippen molar-refractivity contribution < 1.29 is 0 Å². The van der Waals surface area contributed by atoms with E-state index in [2.05, 4.69) is 25.0 Å². The second-order valence-corrected chi connectivity index (χ2v) is 6.22. The van der Waals surface area contributed by atoms with Gasteiger partial charge >= 0.3 is 0 Å². The lowest BCUT2D eigenvalue weighted by molar-refractivity contribution is 0.632. The third-order valence-electron chi connectivity index (χ3n) is 3.35. The van der Waals surface area contributed by atoms with E-state index in [9.17, 15) is 0 Å². The van der Waals surface area contributed by atoms with Crippen LogP contribution < -0.4 is 0 Å². The molecular formula is C13H16ClN5S. The lowest BCUT2D eigenvalue weighted by Gasteiger charge is -2.10. The predicted octanol–water partition coefficient (Wildman–Crippen LogP) is 3.08. The van der Waals surface area contributed by atoms with Crippen LogP contribution in [0.15, 0.2) is 10.9 Å². The second kappa shape index (κ2) is 5.18. The highest BCUT2D eigenvalue weighted by Crippen LogP contribution is 2.26. The molecule has 0 aliphatic rings. The van der Waals surface area contributed by atoms with Crippen molar-refractivity contribution in [2.45, 2.75) is 32.2 Å². The molecule has 0 saturated heterocycles. The molecule has 3 aromatic heterocycles. The van der Waals surface area contributed by atoms with Crippen LogP contribution in [0.1, 0.15) is 29.5 Å². The summed E-state index contributed by atoms with van der Waals surface area (Å²) in [5.74, 6) is 0.896. The quantitative estimate of drug-likeness (QED) is 0.696. The Morgan fingerprint density at radius 1 is 1.45 bits per heavy atom. The topological polar surface area (TPSA) is 48.5 Å². The van der Waals surface area contributed by atoms with E-state index in [1.165, 1.54) is 0 Å². The smallest absolute Gasteiger partial charge is 0.158 e. The molecule has 0 radical (unpaired) electrons. The van der Waals surface area contributed by atoms with Crippen LogP contribution in [0.25, 0.3) is 11.2 Å². The second-order valence-electron chi connectivity index (χ2n) is 4.85. The van der Waals surface area contributed by atoms with Gasteiger partial charge in [-0.05, 0) is 13.8 Å². The Kier molecular flexibility index (Phi) is 3.52. The molecule has 106 valence electrons. The zero-order valence-corrected chi connectivity index (χ0v) is 13.2. The summed E-state index contributed by atoms with van der Waals surface area (Å²) in [6, 6.07) is 0. The molecule has 0 aliphatic carbocycles. The van der Waals surface area contributed by atoms with Gasteiger partial charge in [0.2, 0.25) is 0 Å². The molecule has 3 heterocycles. The summed E-state index contributed by atoms with van der Waals surface area (Å²) >= 11 is 7.89. The summed E-state index contributed by atoms with van der Waals surface area (Å²) in [5, 5.41) is 6.38. The van der Waals surface area contributed by atoms with Gasteiger partial charge in [-0.3, -0.25) is 4.68 Å². The van der Waals surface area contributed by atoms with Gasteiger partial charge in [-0.1, -0.05) is 0 Å². The Balaban J connectivity index is 2.04. The van der Waals surface area contributed by atoms with Gasteiger partial charge < -0.3 is 4.57 Å². The maximum Gasteiger partial charge on any atom is 0.158 e. The molecule has 0 aromatic carbocycles. The number of rotatable bonds is 4. The van der Waals surface area contributed by atoms with Crippen molar-refractivity contribution in [3.8, 4) is 0 Å². The number of nitrogens with zero attached hydrogens (tertiary/aromatic N) is 5. The number of aryl methyl sites for hydroxylation is 4.